The first kappa shape index (κ1) is 25.0. The van der Waals surface area contributed by atoms with Gasteiger partial charge in [-0.05, 0) is 29.7 Å². The summed E-state index contributed by atoms with van der Waals surface area (Å²) in [6.45, 7) is 3.10. The van der Waals surface area contributed by atoms with Crippen LogP contribution >= 0.6 is 0 Å². The fourth-order valence-corrected chi connectivity index (χ4v) is 3.61. The lowest BCUT2D eigenvalue weighted by molar-refractivity contribution is -0.205. The molecule has 0 spiro atoms. The van der Waals surface area contributed by atoms with Crippen molar-refractivity contribution in [3.05, 3.63) is 88.7 Å². The monoisotopic (exact) mass is 500 g/mol. The lowest BCUT2D eigenvalue weighted by atomic mass is 10.0. The third kappa shape index (κ3) is 5.28. The summed E-state index contributed by atoms with van der Waals surface area (Å²) in [4.78, 5) is 0. The van der Waals surface area contributed by atoms with E-state index in [1.807, 2.05) is 6.92 Å². The van der Waals surface area contributed by atoms with E-state index in [2.05, 4.69) is 4.74 Å². The van der Waals surface area contributed by atoms with E-state index in [9.17, 15) is 30.7 Å². The van der Waals surface area contributed by atoms with E-state index in [1.54, 1.807) is 12.1 Å². The minimum absolute atomic E-state index is 0.0403. The molecule has 3 aromatic carbocycles. The van der Waals surface area contributed by atoms with Gasteiger partial charge in [-0.15, -0.1) is 0 Å². The van der Waals surface area contributed by atoms with E-state index in [1.165, 1.54) is 12.1 Å². The molecule has 1 saturated heterocycles. The van der Waals surface area contributed by atoms with E-state index in [0.29, 0.717) is 42.4 Å². The molecule has 0 atom stereocenters. The first-order chi connectivity index (χ1) is 16.6. The van der Waals surface area contributed by atoms with Crippen LogP contribution in [0.15, 0.2) is 48.5 Å². The van der Waals surface area contributed by atoms with Crippen LogP contribution < -0.4 is 4.74 Å². The van der Waals surface area contributed by atoms with Crippen molar-refractivity contribution in [2.45, 2.75) is 25.7 Å². The average Bonchev–Trinajstić information content (AvgIpc) is 2.81. The van der Waals surface area contributed by atoms with Gasteiger partial charge in [0.05, 0.1) is 13.2 Å². The standard InChI is InChI=1S/C25H19F7O3/c1-2-13-11-33-24(34-12-13)15-5-3-14(4-6-15)16-7-18(26)22(19(27)8-16)25(31,32)35-17-9-20(28)23(30)21(29)10-17/h3-10,13,24H,2,11-12H2,1H3. The molecule has 3 nitrogen and oxygen atoms in total. The summed E-state index contributed by atoms with van der Waals surface area (Å²) < 4.78 is 113. The molecule has 1 aliphatic rings. The maximum Gasteiger partial charge on any atom is 0.432 e. The number of hydrogen-bond acceptors (Lipinski definition) is 3. The molecule has 0 saturated carbocycles. The normalized spacial score (nSPS) is 18.5. The molecule has 1 aliphatic heterocycles. The Hall–Kier alpha value is -3.11. The van der Waals surface area contributed by atoms with Crippen LogP contribution in [0.3, 0.4) is 0 Å². The van der Waals surface area contributed by atoms with E-state index in [4.69, 9.17) is 9.47 Å². The van der Waals surface area contributed by atoms with Crippen LogP contribution in [-0.2, 0) is 15.6 Å². The van der Waals surface area contributed by atoms with E-state index >= 15 is 0 Å². The number of hydrogen-bond donors (Lipinski definition) is 0. The van der Waals surface area contributed by atoms with E-state index in [0.717, 1.165) is 6.42 Å². The predicted molar refractivity (Wildman–Crippen MR) is 111 cm³/mol. The fourth-order valence-electron chi connectivity index (χ4n) is 3.61. The lowest BCUT2D eigenvalue weighted by Crippen LogP contribution is -2.26. The summed E-state index contributed by atoms with van der Waals surface area (Å²) >= 11 is 0. The van der Waals surface area contributed by atoms with Gasteiger partial charge in [0.2, 0.25) is 0 Å². The van der Waals surface area contributed by atoms with E-state index < -0.39 is 52.8 Å². The minimum atomic E-state index is -4.65. The maximum absolute atomic E-state index is 14.6. The van der Waals surface area contributed by atoms with Crippen LogP contribution in [0.5, 0.6) is 5.75 Å². The van der Waals surface area contributed by atoms with Crippen LogP contribution in [0.1, 0.15) is 30.8 Å². The Balaban J connectivity index is 1.55. The minimum Gasteiger partial charge on any atom is -0.429 e. The third-order valence-electron chi connectivity index (χ3n) is 5.60. The predicted octanol–water partition coefficient (Wildman–Crippen LogP) is 7.25. The molecule has 3 aromatic rings. The average molecular weight is 500 g/mol. The summed E-state index contributed by atoms with van der Waals surface area (Å²) in [7, 11) is 0. The largest absolute Gasteiger partial charge is 0.432 e. The quantitative estimate of drug-likeness (QED) is 0.264. The highest BCUT2D eigenvalue weighted by Gasteiger charge is 2.41. The zero-order chi connectivity index (χ0) is 25.3. The molecule has 0 aliphatic carbocycles. The van der Waals surface area contributed by atoms with Crippen LogP contribution in [0.4, 0.5) is 30.7 Å². The number of alkyl halides is 2. The van der Waals surface area contributed by atoms with Crippen LogP contribution in [0.2, 0.25) is 0 Å². The van der Waals surface area contributed by atoms with Crippen molar-refractivity contribution in [1.82, 2.24) is 0 Å². The molecule has 0 bridgehead atoms. The van der Waals surface area contributed by atoms with Gasteiger partial charge in [-0.25, -0.2) is 22.0 Å². The highest BCUT2D eigenvalue weighted by molar-refractivity contribution is 5.64. The smallest absolute Gasteiger partial charge is 0.429 e. The molecule has 0 aromatic heterocycles. The van der Waals surface area contributed by atoms with Gasteiger partial charge in [0.15, 0.2) is 23.7 Å². The second kappa shape index (κ2) is 9.87. The Morgan fingerprint density at radius 3 is 1.86 bits per heavy atom. The van der Waals surface area contributed by atoms with Gasteiger partial charge in [-0.1, -0.05) is 31.2 Å². The topological polar surface area (TPSA) is 27.7 Å². The molecule has 10 heteroatoms. The zero-order valence-electron chi connectivity index (χ0n) is 18.3. The van der Waals surface area contributed by atoms with Crippen molar-refractivity contribution in [3.63, 3.8) is 0 Å². The van der Waals surface area contributed by atoms with Crippen LogP contribution in [0.25, 0.3) is 11.1 Å². The number of rotatable bonds is 6. The van der Waals surface area contributed by atoms with Gasteiger partial charge < -0.3 is 14.2 Å². The van der Waals surface area contributed by atoms with Gasteiger partial charge in [-0.2, -0.15) is 8.78 Å². The molecule has 35 heavy (non-hydrogen) atoms. The van der Waals surface area contributed by atoms with Crippen molar-refractivity contribution in [2.24, 2.45) is 5.92 Å². The molecular formula is C25H19F7O3. The SMILES string of the molecule is CCC1COC(c2ccc(-c3cc(F)c(C(F)(F)Oc4cc(F)c(F)c(F)c4)c(F)c3)cc2)OC1. The van der Waals surface area contributed by atoms with Crippen molar-refractivity contribution >= 4 is 0 Å². The highest BCUT2D eigenvalue weighted by atomic mass is 19.3. The summed E-state index contributed by atoms with van der Waals surface area (Å²) in [5.41, 5.74) is -0.800. The Labute approximate surface area is 196 Å². The Morgan fingerprint density at radius 1 is 0.800 bits per heavy atom. The third-order valence-corrected chi connectivity index (χ3v) is 5.60. The molecule has 0 N–H and O–H groups in total. The molecule has 0 radical (unpaired) electrons. The molecular weight excluding hydrogens is 481 g/mol. The number of halogens is 7. The summed E-state index contributed by atoms with van der Waals surface area (Å²) in [6, 6.07) is 7.95. The highest BCUT2D eigenvalue weighted by Crippen LogP contribution is 2.38. The van der Waals surface area contributed by atoms with Crippen LogP contribution in [0, 0.1) is 35.0 Å². The van der Waals surface area contributed by atoms with Crippen molar-refractivity contribution < 1.29 is 44.9 Å². The van der Waals surface area contributed by atoms with Crippen LogP contribution in [-0.4, -0.2) is 13.2 Å². The number of ether oxygens (including phenoxy) is 3. The van der Waals surface area contributed by atoms with Gasteiger partial charge in [-0.3, -0.25) is 0 Å². The first-order valence-electron chi connectivity index (χ1n) is 10.6. The van der Waals surface area contributed by atoms with Crippen molar-refractivity contribution in [1.29, 1.82) is 0 Å². The van der Waals surface area contributed by atoms with Gasteiger partial charge >= 0.3 is 6.11 Å². The summed E-state index contributed by atoms with van der Waals surface area (Å²) in [5.74, 6) is -9.65. The Morgan fingerprint density at radius 2 is 1.34 bits per heavy atom. The molecule has 1 fully saturated rings. The Bertz CT molecular complexity index is 1160. The van der Waals surface area contributed by atoms with Crippen molar-refractivity contribution in [2.75, 3.05) is 13.2 Å². The molecule has 0 amide bonds. The maximum atomic E-state index is 14.6. The second-order valence-corrected chi connectivity index (χ2v) is 8.03. The molecule has 0 unspecified atom stereocenters. The second-order valence-electron chi connectivity index (χ2n) is 8.03. The van der Waals surface area contributed by atoms with Gasteiger partial charge in [0, 0.05) is 23.6 Å². The van der Waals surface area contributed by atoms with Gasteiger partial charge in [0.25, 0.3) is 0 Å². The van der Waals surface area contributed by atoms with E-state index in [-0.39, 0.29) is 17.7 Å². The Kier molecular flexibility index (Phi) is 7.05. The molecule has 186 valence electrons. The molecule has 4 rings (SSSR count). The zero-order valence-corrected chi connectivity index (χ0v) is 18.3. The first-order valence-corrected chi connectivity index (χ1v) is 10.6. The lowest BCUT2D eigenvalue weighted by Gasteiger charge is -2.29. The number of benzene rings is 3. The molecule has 1 heterocycles. The summed E-state index contributed by atoms with van der Waals surface area (Å²) in [5, 5.41) is 0. The van der Waals surface area contributed by atoms with Crippen molar-refractivity contribution in [3.8, 4) is 16.9 Å². The summed E-state index contributed by atoms with van der Waals surface area (Å²) in [6.07, 6.45) is -4.32. The van der Waals surface area contributed by atoms with Gasteiger partial charge in [0.1, 0.15) is 22.9 Å². The fraction of sp³-hybridized carbons (Fsp3) is 0.280.